The van der Waals surface area contributed by atoms with Crippen molar-refractivity contribution in [1.29, 1.82) is 0 Å². The second-order valence-electron chi connectivity index (χ2n) is 5.23. The molecule has 7 heteroatoms. The van der Waals surface area contributed by atoms with Crippen molar-refractivity contribution < 1.29 is 9.90 Å². The third kappa shape index (κ3) is 2.85. The van der Waals surface area contributed by atoms with E-state index in [9.17, 15) is 9.59 Å². The van der Waals surface area contributed by atoms with Gasteiger partial charge in [0.1, 0.15) is 0 Å². The van der Waals surface area contributed by atoms with Gasteiger partial charge in [-0.25, -0.2) is 9.50 Å². The normalized spacial score (nSPS) is 11.0. The fourth-order valence-corrected chi connectivity index (χ4v) is 2.64. The molecule has 0 amide bonds. The third-order valence-electron chi connectivity index (χ3n) is 3.71. The van der Waals surface area contributed by atoms with Crippen LogP contribution in [-0.2, 0) is 11.2 Å². The summed E-state index contributed by atoms with van der Waals surface area (Å²) in [6.07, 6.45) is 1.76. The molecule has 0 aliphatic carbocycles. The summed E-state index contributed by atoms with van der Waals surface area (Å²) in [6, 6.07) is 7.25. The highest BCUT2D eigenvalue weighted by Gasteiger charge is 2.15. The van der Waals surface area contributed by atoms with Crippen molar-refractivity contribution in [3.8, 4) is 11.1 Å². The third-order valence-corrected chi connectivity index (χ3v) is 3.96. The first kappa shape index (κ1) is 15.3. The van der Waals surface area contributed by atoms with Crippen molar-refractivity contribution in [3.63, 3.8) is 0 Å². The summed E-state index contributed by atoms with van der Waals surface area (Å²) < 4.78 is 1.34. The number of H-pyrrole nitrogens is 1. The molecule has 0 radical (unpaired) electrons. The van der Waals surface area contributed by atoms with E-state index in [0.29, 0.717) is 21.9 Å². The molecule has 1 aromatic carbocycles. The van der Waals surface area contributed by atoms with Gasteiger partial charge in [-0.1, -0.05) is 23.7 Å². The molecular formula is C16H14ClN3O3. The Morgan fingerprint density at radius 2 is 2.04 bits per heavy atom. The monoisotopic (exact) mass is 331 g/mol. The number of benzene rings is 1. The molecule has 23 heavy (non-hydrogen) atoms. The maximum atomic E-state index is 12.5. The zero-order chi connectivity index (χ0) is 16.6. The number of aryl methyl sites for hydroxylation is 1. The van der Waals surface area contributed by atoms with Crippen molar-refractivity contribution in [2.75, 3.05) is 0 Å². The maximum Gasteiger partial charge on any atom is 0.303 e. The first-order valence-electron chi connectivity index (χ1n) is 7.04. The summed E-state index contributed by atoms with van der Waals surface area (Å²) in [6.45, 7) is 1.72. The molecule has 0 aliphatic rings. The maximum absolute atomic E-state index is 12.5. The topological polar surface area (TPSA) is 87.5 Å². The quantitative estimate of drug-likeness (QED) is 0.769. The van der Waals surface area contributed by atoms with E-state index in [1.807, 2.05) is 12.1 Å². The number of nitrogens with one attached hydrogen (secondary N) is 1. The van der Waals surface area contributed by atoms with E-state index in [2.05, 4.69) is 10.1 Å². The van der Waals surface area contributed by atoms with E-state index in [1.54, 1.807) is 25.3 Å². The minimum Gasteiger partial charge on any atom is -0.481 e. The van der Waals surface area contributed by atoms with E-state index in [-0.39, 0.29) is 18.4 Å². The predicted octanol–water partition coefficient (Wildman–Crippen LogP) is 2.67. The van der Waals surface area contributed by atoms with Crippen LogP contribution in [0.4, 0.5) is 0 Å². The SMILES string of the molecule is Cc1nc2c(-c3ccc(Cl)cc3)c[nH]n2c(=O)c1CCC(=O)O. The highest BCUT2D eigenvalue weighted by molar-refractivity contribution is 6.30. The number of carbonyl (C=O) groups is 1. The summed E-state index contributed by atoms with van der Waals surface area (Å²) in [7, 11) is 0. The van der Waals surface area contributed by atoms with Gasteiger partial charge in [-0.3, -0.25) is 14.7 Å². The van der Waals surface area contributed by atoms with Crippen LogP contribution >= 0.6 is 11.6 Å². The van der Waals surface area contributed by atoms with Crippen LogP contribution in [0.5, 0.6) is 0 Å². The molecule has 0 unspecified atom stereocenters. The Hall–Kier alpha value is -2.60. The van der Waals surface area contributed by atoms with Gasteiger partial charge < -0.3 is 5.11 Å². The van der Waals surface area contributed by atoms with Gasteiger partial charge >= 0.3 is 5.97 Å². The van der Waals surface area contributed by atoms with Gasteiger partial charge in [-0.2, -0.15) is 0 Å². The van der Waals surface area contributed by atoms with E-state index >= 15 is 0 Å². The fourth-order valence-electron chi connectivity index (χ4n) is 2.52. The fraction of sp³-hybridized carbons (Fsp3) is 0.188. The smallest absolute Gasteiger partial charge is 0.303 e. The number of carboxylic acids is 1. The van der Waals surface area contributed by atoms with Crippen molar-refractivity contribution in [2.24, 2.45) is 0 Å². The Kier molecular flexibility index (Phi) is 3.92. The molecule has 2 aromatic heterocycles. The van der Waals surface area contributed by atoms with Crippen LogP contribution in [0.1, 0.15) is 17.7 Å². The van der Waals surface area contributed by atoms with Crippen molar-refractivity contribution >= 4 is 23.2 Å². The molecule has 6 nitrogen and oxygen atoms in total. The standard InChI is InChI=1S/C16H14ClN3O3/c1-9-12(6-7-14(21)22)16(23)20-15(19-9)13(8-18-20)10-2-4-11(17)5-3-10/h2-5,8,18H,6-7H2,1H3,(H,21,22). The predicted molar refractivity (Wildman–Crippen MR) is 87.0 cm³/mol. The molecular weight excluding hydrogens is 318 g/mol. The molecule has 3 rings (SSSR count). The number of rotatable bonds is 4. The number of aromatic nitrogens is 3. The molecule has 0 fully saturated rings. The molecule has 0 saturated heterocycles. The van der Waals surface area contributed by atoms with Crippen molar-refractivity contribution in [1.82, 2.24) is 14.6 Å². The number of fused-ring (bicyclic) bond motifs is 1. The first-order chi connectivity index (χ1) is 11.0. The van der Waals surface area contributed by atoms with Crippen LogP contribution in [0.15, 0.2) is 35.3 Å². The van der Waals surface area contributed by atoms with Gasteiger partial charge in [0.15, 0.2) is 5.65 Å². The van der Waals surface area contributed by atoms with Gasteiger partial charge in [-0.15, -0.1) is 0 Å². The molecule has 0 aliphatic heterocycles. The molecule has 0 spiro atoms. The van der Waals surface area contributed by atoms with Crippen LogP contribution < -0.4 is 5.56 Å². The van der Waals surface area contributed by atoms with Gasteiger partial charge in [-0.05, 0) is 31.0 Å². The second-order valence-corrected chi connectivity index (χ2v) is 5.66. The highest BCUT2D eigenvalue weighted by atomic mass is 35.5. The Balaban J connectivity index is 2.13. The van der Waals surface area contributed by atoms with Crippen LogP contribution in [-0.4, -0.2) is 25.7 Å². The van der Waals surface area contributed by atoms with E-state index in [0.717, 1.165) is 11.1 Å². The van der Waals surface area contributed by atoms with Gasteiger partial charge in [0.25, 0.3) is 5.56 Å². The van der Waals surface area contributed by atoms with E-state index in [4.69, 9.17) is 16.7 Å². The number of hydrogen-bond acceptors (Lipinski definition) is 3. The van der Waals surface area contributed by atoms with E-state index in [1.165, 1.54) is 4.52 Å². The van der Waals surface area contributed by atoms with Gasteiger partial charge in [0.05, 0.1) is 0 Å². The molecule has 2 heterocycles. The van der Waals surface area contributed by atoms with Crippen LogP contribution in [0.2, 0.25) is 5.02 Å². The number of halogens is 1. The van der Waals surface area contributed by atoms with Crippen LogP contribution in [0.3, 0.4) is 0 Å². The Bertz CT molecular complexity index is 942. The van der Waals surface area contributed by atoms with Crippen LogP contribution in [0.25, 0.3) is 16.8 Å². The largest absolute Gasteiger partial charge is 0.481 e. The minimum absolute atomic E-state index is 0.103. The average Bonchev–Trinajstić information content (AvgIpc) is 2.91. The lowest BCUT2D eigenvalue weighted by atomic mass is 10.1. The van der Waals surface area contributed by atoms with E-state index < -0.39 is 5.97 Å². The molecule has 118 valence electrons. The molecule has 3 aromatic rings. The number of aromatic amines is 1. The lowest BCUT2D eigenvalue weighted by molar-refractivity contribution is -0.136. The number of aliphatic carboxylic acids is 1. The summed E-state index contributed by atoms with van der Waals surface area (Å²) in [5, 5.41) is 12.3. The van der Waals surface area contributed by atoms with Crippen LogP contribution in [0, 0.1) is 6.92 Å². The molecule has 0 atom stereocenters. The second kappa shape index (κ2) is 5.89. The Morgan fingerprint density at radius 3 is 2.70 bits per heavy atom. The lowest BCUT2D eigenvalue weighted by Crippen LogP contribution is -2.22. The summed E-state index contributed by atoms with van der Waals surface area (Å²) in [5.74, 6) is -0.942. The average molecular weight is 332 g/mol. The molecule has 0 bridgehead atoms. The summed E-state index contributed by atoms with van der Waals surface area (Å²) >= 11 is 5.90. The zero-order valence-electron chi connectivity index (χ0n) is 12.3. The Labute approximate surface area is 136 Å². The highest BCUT2D eigenvalue weighted by Crippen LogP contribution is 2.24. The lowest BCUT2D eigenvalue weighted by Gasteiger charge is -2.05. The van der Waals surface area contributed by atoms with Crippen molar-refractivity contribution in [3.05, 3.63) is 57.1 Å². The van der Waals surface area contributed by atoms with Crippen molar-refractivity contribution in [2.45, 2.75) is 19.8 Å². The number of hydrogen-bond donors (Lipinski definition) is 2. The number of nitrogens with zero attached hydrogens (tertiary/aromatic N) is 2. The van der Waals surface area contributed by atoms with Gasteiger partial charge in [0, 0.05) is 34.5 Å². The minimum atomic E-state index is -0.942. The summed E-state index contributed by atoms with van der Waals surface area (Å²) in [4.78, 5) is 27.7. The molecule has 2 N–H and O–H groups in total. The molecule has 0 saturated carbocycles. The Morgan fingerprint density at radius 1 is 1.35 bits per heavy atom. The first-order valence-corrected chi connectivity index (χ1v) is 7.42. The number of carboxylic acid groups (broad SMARTS) is 1. The van der Waals surface area contributed by atoms with Gasteiger partial charge in [0.2, 0.25) is 0 Å². The zero-order valence-corrected chi connectivity index (χ0v) is 13.1. The summed E-state index contributed by atoms with van der Waals surface area (Å²) in [5.41, 5.74) is 2.87.